The van der Waals surface area contributed by atoms with Crippen molar-refractivity contribution in [2.45, 2.75) is 27.2 Å². The van der Waals surface area contributed by atoms with E-state index in [9.17, 15) is 4.79 Å². The molecule has 3 nitrogen and oxygen atoms in total. The third-order valence-corrected chi connectivity index (χ3v) is 2.56. The maximum absolute atomic E-state index is 11.5. The van der Waals surface area contributed by atoms with E-state index in [1.807, 2.05) is 39.0 Å². The SMILES string of the molecule is CC(C)(C)C(=O)OCCNCCc1ccccc1. The first-order valence-electron chi connectivity index (χ1n) is 6.42. The van der Waals surface area contributed by atoms with E-state index >= 15 is 0 Å². The molecule has 0 aromatic heterocycles. The number of benzene rings is 1. The molecule has 3 heteroatoms. The monoisotopic (exact) mass is 249 g/mol. The summed E-state index contributed by atoms with van der Waals surface area (Å²) in [6.07, 6.45) is 0.994. The fourth-order valence-electron chi connectivity index (χ4n) is 1.43. The maximum Gasteiger partial charge on any atom is 0.311 e. The molecular formula is C15H23NO2. The Morgan fingerprint density at radius 2 is 1.83 bits per heavy atom. The maximum atomic E-state index is 11.5. The Balaban J connectivity index is 2.05. The number of hydrogen-bond donors (Lipinski definition) is 1. The van der Waals surface area contributed by atoms with Gasteiger partial charge in [0, 0.05) is 6.54 Å². The van der Waals surface area contributed by atoms with E-state index in [0.717, 1.165) is 13.0 Å². The molecule has 100 valence electrons. The predicted octanol–water partition coefficient (Wildman–Crippen LogP) is 2.41. The summed E-state index contributed by atoms with van der Waals surface area (Å²) in [5.74, 6) is -0.146. The predicted molar refractivity (Wildman–Crippen MR) is 73.4 cm³/mol. The molecule has 1 aromatic rings. The molecule has 0 saturated carbocycles. The molecule has 0 heterocycles. The van der Waals surface area contributed by atoms with E-state index in [-0.39, 0.29) is 5.97 Å². The third-order valence-electron chi connectivity index (χ3n) is 2.56. The standard InChI is InChI=1S/C15H23NO2/c1-15(2,3)14(17)18-12-11-16-10-9-13-7-5-4-6-8-13/h4-8,16H,9-12H2,1-3H3. The molecule has 0 amide bonds. The summed E-state index contributed by atoms with van der Waals surface area (Å²) in [7, 11) is 0. The first-order chi connectivity index (χ1) is 8.50. The van der Waals surface area contributed by atoms with Gasteiger partial charge >= 0.3 is 5.97 Å². The Hall–Kier alpha value is -1.35. The van der Waals surface area contributed by atoms with Crippen LogP contribution in [-0.2, 0) is 16.0 Å². The molecule has 1 N–H and O–H groups in total. The molecular weight excluding hydrogens is 226 g/mol. The second-order valence-electron chi connectivity index (χ2n) is 5.37. The van der Waals surface area contributed by atoms with Crippen molar-refractivity contribution >= 4 is 5.97 Å². The average molecular weight is 249 g/mol. The van der Waals surface area contributed by atoms with Crippen LogP contribution in [0.15, 0.2) is 30.3 Å². The molecule has 1 rings (SSSR count). The second-order valence-corrected chi connectivity index (χ2v) is 5.37. The van der Waals surface area contributed by atoms with E-state index in [2.05, 4.69) is 17.4 Å². The quantitative estimate of drug-likeness (QED) is 0.621. The van der Waals surface area contributed by atoms with Crippen molar-refractivity contribution in [1.29, 1.82) is 0 Å². The van der Waals surface area contributed by atoms with Crippen molar-refractivity contribution in [1.82, 2.24) is 5.32 Å². The Morgan fingerprint density at radius 3 is 2.44 bits per heavy atom. The lowest BCUT2D eigenvalue weighted by atomic mass is 9.97. The fourth-order valence-corrected chi connectivity index (χ4v) is 1.43. The van der Waals surface area contributed by atoms with Crippen LogP contribution >= 0.6 is 0 Å². The van der Waals surface area contributed by atoms with E-state index in [4.69, 9.17) is 4.74 Å². The lowest BCUT2D eigenvalue weighted by Gasteiger charge is -2.16. The van der Waals surface area contributed by atoms with Crippen molar-refractivity contribution in [3.8, 4) is 0 Å². The number of esters is 1. The van der Waals surface area contributed by atoms with Gasteiger partial charge in [0.25, 0.3) is 0 Å². The zero-order valence-corrected chi connectivity index (χ0v) is 11.5. The summed E-state index contributed by atoms with van der Waals surface area (Å²) in [6, 6.07) is 10.3. The molecule has 0 radical (unpaired) electrons. The largest absolute Gasteiger partial charge is 0.464 e. The Morgan fingerprint density at radius 1 is 1.17 bits per heavy atom. The number of nitrogens with one attached hydrogen (secondary N) is 1. The van der Waals surface area contributed by atoms with E-state index in [0.29, 0.717) is 13.2 Å². The van der Waals surface area contributed by atoms with Crippen molar-refractivity contribution in [3.05, 3.63) is 35.9 Å². The van der Waals surface area contributed by atoms with Gasteiger partial charge in [-0.1, -0.05) is 30.3 Å². The van der Waals surface area contributed by atoms with Gasteiger partial charge in [-0.3, -0.25) is 4.79 Å². The first kappa shape index (κ1) is 14.7. The summed E-state index contributed by atoms with van der Waals surface area (Å²) >= 11 is 0. The smallest absolute Gasteiger partial charge is 0.311 e. The van der Waals surface area contributed by atoms with Crippen LogP contribution in [0.25, 0.3) is 0 Å². The number of hydrogen-bond acceptors (Lipinski definition) is 3. The number of carbonyl (C=O) groups is 1. The molecule has 0 saturated heterocycles. The normalized spacial score (nSPS) is 11.3. The van der Waals surface area contributed by atoms with E-state index in [1.165, 1.54) is 5.56 Å². The van der Waals surface area contributed by atoms with Gasteiger partial charge in [0.05, 0.1) is 5.41 Å². The average Bonchev–Trinajstić information content (AvgIpc) is 2.33. The molecule has 0 unspecified atom stereocenters. The number of ether oxygens (including phenoxy) is 1. The second kappa shape index (κ2) is 7.17. The lowest BCUT2D eigenvalue weighted by molar-refractivity contribution is -0.152. The van der Waals surface area contributed by atoms with Gasteiger partial charge in [0.2, 0.25) is 0 Å². The molecule has 0 aliphatic carbocycles. The minimum absolute atomic E-state index is 0.146. The van der Waals surface area contributed by atoms with Gasteiger partial charge in [-0.15, -0.1) is 0 Å². The van der Waals surface area contributed by atoms with Gasteiger partial charge in [-0.25, -0.2) is 0 Å². The molecule has 0 aliphatic heterocycles. The highest BCUT2D eigenvalue weighted by Gasteiger charge is 2.22. The lowest BCUT2D eigenvalue weighted by Crippen LogP contribution is -2.28. The zero-order valence-electron chi connectivity index (χ0n) is 11.5. The van der Waals surface area contributed by atoms with Crippen LogP contribution < -0.4 is 5.32 Å². The van der Waals surface area contributed by atoms with Crippen molar-refractivity contribution < 1.29 is 9.53 Å². The van der Waals surface area contributed by atoms with Crippen LogP contribution in [0, 0.1) is 5.41 Å². The molecule has 0 atom stereocenters. The number of rotatable bonds is 6. The Bertz CT molecular complexity index is 355. The molecule has 1 aromatic carbocycles. The third kappa shape index (κ3) is 5.82. The summed E-state index contributed by atoms with van der Waals surface area (Å²) in [5, 5.41) is 3.26. The molecule has 18 heavy (non-hydrogen) atoms. The van der Waals surface area contributed by atoms with Crippen LogP contribution in [0.4, 0.5) is 0 Å². The van der Waals surface area contributed by atoms with Gasteiger partial charge in [0.15, 0.2) is 0 Å². The van der Waals surface area contributed by atoms with Gasteiger partial charge in [-0.05, 0) is 39.3 Å². The summed E-state index contributed by atoms with van der Waals surface area (Å²) in [5.41, 5.74) is 0.904. The summed E-state index contributed by atoms with van der Waals surface area (Å²) in [4.78, 5) is 11.5. The molecule has 0 fully saturated rings. The van der Waals surface area contributed by atoms with Crippen LogP contribution in [0.1, 0.15) is 26.3 Å². The molecule has 0 aliphatic rings. The van der Waals surface area contributed by atoms with Crippen molar-refractivity contribution in [3.63, 3.8) is 0 Å². The van der Waals surface area contributed by atoms with Crippen LogP contribution in [0.5, 0.6) is 0 Å². The summed E-state index contributed by atoms with van der Waals surface area (Å²) in [6.45, 7) is 7.62. The van der Waals surface area contributed by atoms with Crippen LogP contribution in [0.2, 0.25) is 0 Å². The van der Waals surface area contributed by atoms with Crippen LogP contribution in [0.3, 0.4) is 0 Å². The zero-order chi connectivity index (χ0) is 13.4. The Kier molecular flexibility index (Phi) is 5.86. The highest BCUT2D eigenvalue weighted by molar-refractivity contribution is 5.75. The molecule has 0 bridgehead atoms. The van der Waals surface area contributed by atoms with Gasteiger partial charge in [-0.2, -0.15) is 0 Å². The van der Waals surface area contributed by atoms with Gasteiger partial charge in [0.1, 0.15) is 6.61 Å². The van der Waals surface area contributed by atoms with Crippen molar-refractivity contribution in [2.24, 2.45) is 5.41 Å². The summed E-state index contributed by atoms with van der Waals surface area (Å²) < 4.78 is 5.16. The first-order valence-corrected chi connectivity index (χ1v) is 6.42. The minimum atomic E-state index is -0.413. The highest BCUT2D eigenvalue weighted by atomic mass is 16.5. The minimum Gasteiger partial charge on any atom is -0.464 e. The van der Waals surface area contributed by atoms with E-state index < -0.39 is 5.41 Å². The van der Waals surface area contributed by atoms with Crippen molar-refractivity contribution in [2.75, 3.05) is 19.7 Å². The topological polar surface area (TPSA) is 38.3 Å². The van der Waals surface area contributed by atoms with E-state index in [1.54, 1.807) is 0 Å². The number of carbonyl (C=O) groups excluding carboxylic acids is 1. The Labute approximate surface area is 110 Å². The highest BCUT2D eigenvalue weighted by Crippen LogP contribution is 2.14. The van der Waals surface area contributed by atoms with Crippen LogP contribution in [-0.4, -0.2) is 25.7 Å². The van der Waals surface area contributed by atoms with Gasteiger partial charge < -0.3 is 10.1 Å². The fraction of sp³-hybridized carbons (Fsp3) is 0.533. The molecule has 0 spiro atoms.